The van der Waals surface area contributed by atoms with Crippen molar-refractivity contribution in [2.45, 2.75) is 30.7 Å². The molecule has 0 saturated heterocycles. The molecule has 4 rings (SSSR count). The van der Waals surface area contributed by atoms with E-state index in [1.54, 1.807) is 30.3 Å². The smallest absolute Gasteiger partial charge is 0.243 e. The van der Waals surface area contributed by atoms with Crippen LogP contribution >= 0.6 is 0 Å². The lowest BCUT2D eigenvalue weighted by Crippen LogP contribution is -2.30. The molecule has 0 fully saturated rings. The van der Waals surface area contributed by atoms with Gasteiger partial charge in [0.1, 0.15) is 0 Å². The normalized spacial score (nSPS) is 19.5. The van der Waals surface area contributed by atoms with E-state index in [2.05, 4.69) is 6.07 Å². The summed E-state index contributed by atoms with van der Waals surface area (Å²) in [7, 11) is -3.64. The Morgan fingerprint density at radius 3 is 2.54 bits per heavy atom. The molecule has 134 valence electrons. The van der Waals surface area contributed by atoms with E-state index in [-0.39, 0.29) is 30.7 Å². The second-order valence-electron chi connectivity index (χ2n) is 6.53. The van der Waals surface area contributed by atoms with Crippen molar-refractivity contribution in [2.75, 3.05) is 13.3 Å². The first-order valence-corrected chi connectivity index (χ1v) is 9.82. The van der Waals surface area contributed by atoms with Crippen LogP contribution in [0.4, 0.5) is 0 Å². The van der Waals surface area contributed by atoms with E-state index >= 15 is 0 Å². The number of nitrogens with zero attached hydrogens (tertiary/aromatic N) is 2. The number of sulfonamides is 1. The van der Waals surface area contributed by atoms with Crippen LogP contribution in [0.15, 0.2) is 41.3 Å². The topological polar surface area (TPSA) is 79.6 Å². The van der Waals surface area contributed by atoms with E-state index in [1.807, 2.05) is 13.0 Å². The number of nitriles is 1. The molecule has 0 radical (unpaired) electrons. The Morgan fingerprint density at radius 2 is 1.85 bits per heavy atom. The molecule has 0 aliphatic carbocycles. The largest absolute Gasteiger partial charge is 0.454 e. The zero-order valence-electron chi connectivity index (χ0n) is 14.3. The fourth-order valence-electron chi connectivity index (χ4n) is 3.36. The van der Waals surface area contributed by atoms with Gasteiger partial charge in [0.15, 0.2) is 11.5 Å². The molecule has 2 heterocycles. The van der Waals surface area contributed by atoms with Gasteiger partial charge in [-0.1, -0.05) is 17.7 Å². The minimum Gasteiger partial charge on any atom is -0.454 e. The molecule has 26 heavy (non-hydrogen) atoms. The van der Waals surface area contributed by atoms with Gasteiger partial charge in [0.05, 0.1) is 16.9 Å². The van der Waals surface area contributed by atoms with Crippen LogP contribution in [-0.4, -0.2) is 26.1 Å². The lowest BCUT2D eigenvalue weighted by molar-refractivity contribution is 0.174. The summed E-state index contributed by atoms with van der Waals surface area (Å²) in [6.45, 7) is 2.55. The lowest BCUT2D eigenvalue weighted by Gasteiger charge is -2.20. The van der Waals surface area contributed by atoms with Crippen LogP contribution < -0.4 is 9.47 Å². The lowest BCUT2D eigenvalue weighted by atomic mass is 9.93. The number of benzene rings is 2. The molecule has 0 spiro atoms. The van der Waals surface area contributed by atoms with Crippen LogP contribution in [0.2, 0.25) is 0 Å². The fraction of sp³-hybridized carbons (Fsp3) is 0.316. The molecule has 0 N–H and O–H groups in total. The van der Waals surface area contributed by atoms with Crippen molar-refractivity contribution in [1.29, 1.82) is 5.26 Å². The number of fused-ring (bicyclic) bond motifs is 2. The Bertz CT molecular complexity index is 993. The highest BCUT2D eigenvalue weighted by Gasteiger charge is 2.32. The maximum absolute atomic E-state index is 13.1. The number of rotatable bonds is 2. The van der Waals surface area contributed by atoms with Crippen LogP contribution in [0.3, 0.4) is 0 Å². The van der Waals surface area contributed by atoms with E-state index in [4.69, 9.17) is 9.47 Å². The molecular formula is C19H18N2O4S. The minimum atomic E-state index is -3.64. The van der Waals surface area contributed by atoms with Gasteiger partial charge in [-0.05, 0) is 48.7 Å². The standard InChI is InChI=1S/C19H18N2O4S/c1-13-2-4-16(5-3-13)26(22,23)21-7-6-14(10-20)17-9-19-18(24-12-25-19)8-15(17)11-21/h2-5,8-9,14H,6-7,11-12H2,1H3/t14-/m1/s1. The van der Waals surface area contributed by atoms with Crippen LogP contribution in [0.5, 0.6) is 11.5 Å². The zero-order valence-corrected chi connectivity index (χ0v) is 15.1. The van der Waals surface area contributed by atoms with E-state index in [1.165, 1.54) is 4.31 Å². The van der Waals surface area contributed by atoms with E-state index in [0.29, 0.717) is 17.9 Å². The molecule has 2 aromatic carbocycles. The number of hydrogen-bond donors (Lipinski definition) is 0. The summed E-state index contributed by atoms with van der Waals surface area (Å²) in [5, 5.41) is 9.56. The molecule has 2 aliphatic heterocycles. The van der Waals surface area contributed by atoms with Crippen molar-refractivity contribution in [3.05, 3.63) is 53.1 Å². The molecule has 0 saturated carbocycles. The maximum atomic E-state index is 13.1. The van der Waals surface area contributed by atoms with Crippen molar-refractivity contribution in [3.63, 3.8) is 0 Å². The summed E-state index contributed by atoms with van der Waals surface area (Å²) in [6.07, 6.45) is 0.439. The van der Waals surface area contributed by atoms with Gasteiger partial charge in [-0.3, -0.25) is 0 Å². The number of ether oxygens (including phenoxy) is 2. The maximum Gasteiger partial charge on any atom is 0.243 e. The third-order valence-electron chi connectivity index (χ3n) is 4.84. The highest BCUT2D eigenvalue weighted by molar-refractivity contribution is 7.89. The van der Waals surface area contributed by atoms with Gasteiger partial charge < -0.3 is 9.47 Å². The van der Waals surface area contributed by atoms with Crippen molar-refractivity contribution in [2.24, 2.45) is 0 Å². The average molecular weight is 370 g/mol. The number of hydrogen-bond acceptors (Lipinski definition) is 5. The average Bonchev–Trinajstić information content (AvgIpc) is 3.00. The van der Waals surface area contributed by atoms with E-state index in [0.717, 1.165) is 16.7 Å². The summed E-state index contributed by atoms with van der Waals surface area (Å²) >= 11 is 0. The first-order chi connectivity index (χ1) is 12.5. The van der Waals surface area contributed by atoms with Crippen LogP contribution in [0.25, 0.3) is 0 Å². The Labute approximate surface area is 152 Å². The zero-order chi connectivity index (χ0) is 18.3. The second-order valence-corrected chi connectivity index (χ2v) is 8.46. The molecule has 0 aromatic heterocycles. The quantitative estimate of drug-likeness (QED) is 0.812. The molecule has 0 bridgehead atoms. The number of aryl methyl sites for hydroxylation is 1. The fourth-order valence-corrected chi connectivity index (χ4v) is 4.79. The monoisotopic (exact) mass is 370 g/mol. The SMILES string of the molecule is Cc1ccc(S(=O)(=O)N2CC[C@H](C#N)c3cc4c(cc3C2)OCO4)cc1. The molecule has 0 unspecified atom stereocenters. The van der Waals surface area contributed by atoms with E-state index in [9.17, 15) is 13.7 Å². The second kappa shape index (κ2) is 6.31. The van der Waals surface area contributed by atoms with Gasteiger partial charge in [-0.2, -0.15) is 9.57 Å². The molecule has 0 amide bonds. The predicted octanol–water partition coefficient (Wildman–Crippen LogP) is 2.93. The van der Waals surface area contributed by atoms with Gasteiger partial charge in [0.25, 0.3) is 0 Å². The first kappa shape index (κ1) is 16.9. The van der Waals surface area contributed by atoms with Crippen molar-refractivity contribution >= 4 is 10.0 Å². The van der Waals surface area contributed by atoms with Crippen molar-refractivity contribution in [3.8, 4) is 17.6 Å². The van der Waals surface area contributed by atoms with Crippen LogP contribution in [0, 0.1) is 18.3 Å². The summed E-state index contributed by atoms with van der Waals surface area (Å²) in [5.74, 6) is 0.826. The van der Waals surface area contributed by atoms with Gasteiger partial charge in [0.2, 0.25) is 16.8 Å². The summed E-state index contributed by atoms with van der Waals surface area (Å²) in [6, 6.07) is 12.7. The Morgan fingerprint density at radius 1 is 1.15 bits per heavy atom. The van der Waals surface area contributed by atoms with Crippen molar-refractivity contribution < 1.29 is 17.9 Å². The first-order valence-electron chi connectivity index (χ1n) is 8.38. The van der Waals surface area contributed by atoms with Crippen molar-refractivity contribution in [1.82, 2.24) is 4.31 Å². The van der Waals surface area contributed by atoms with Gasteiger partial charge >= 0.3 is 0 Å². The summed E-state index contributed by atoms with van der Waals surface area (Å²) in [4.78, 5) is 0.265. The highest BCUT2D eigenvalue weighted by Crippen LogP contribution is 2.40. The van der Waals surface area contributed by atoms with Gasteiger partial charge in [0, 0.05) is 13.1 Å². The molecule has 7 heteroatoms. The Hall–Kier alpha value is -2.56. The summed E-state index contributed by atoms with van der Waals surface area (Å²) in [5.41, 5.74) is 2.61. The minimum absolute atomic E-state index is 0.140. The van der Waals surface area contributed by atoms with Gasteiger partial charge in [-0.15, -0.1) is 0 Å². The molecule has 6 nitrogen and oxygen atoms in total. The molecular weight excluding hydrogens is 352 g/mol. The summed E-state index contributed by atoms with van der Waals surface area (Å²) < 4.78 is 38.4. The Balaban J connectivity index is 1.74. The Kier molecular flexibility index (Phi) is 4.10. The highest BCUT2D eigenvalue weighted by atomic mass is 32.2. The predicted molar refractivity (Wildman–Crippen MR) is 94.3 cm³/mol. The molecule has 2 aliphatic rings. The van der Waals surface area contributed by atoms with Crippen LogP contribution in [-0.2, 0) is 16.6 Å². The third-order valence-corrected chi connectivity index (χ3v) is 6.70. The third kappa shape index (κ3) is 2.81. The van der Waals surface area contributed by atoms with Crippen LogP contribution in [0.1, 0.15) is 29.0 Å². The van der Waals surface area contributed by atoms with Gasteiger partial charge in [-0.25, -0.2) is 8.42 Å². The molecule has 1 atom stereocenters. The molecule has 2 aromatic rings. The van der Waals surface area contributed by atoms with E-state index < -0.39 is 10.0 Å².